The molecule has 1 heterocycles. The van der Waals surface area contributed by atoms with Crippen molar-refractivity contribution >= 4 is 12.1 Å². The van der Waals surface area contributed by atoms with E-state index < -0.39 is 36.7 Å². The molecule has 9 heteroatoms. The fraction of sp³-hybridized carbons (Fsp3) is 0.857. The van der Waals surface area contributed by atoms with Gasteiger partial charge in [-0.1, -0.05) is 0 Å². The van der Waals surface area contributed by atoms with Crippen LogP contribution in [0.3, 0.4) is 0 Å². The highest BCUT2D eigenvalue weighted by Gasteiger charge is 2.32. The Balaban J connectivity index is 2.28. The zero-order valence-electron chi connectivity index (χ0n) is 13.8. The first-order valence-electron chi connectivity index (χ1n) is 7.61. The average molecular weight is 336 g/mol. The van der Waals surface area contributed by atoms with Gasteiger partial charge in [-0.05, 0) is 33.6 Å². The van der Waals surface area contributed by atoms with Gasteiger partial charge in [0.05, 0.1) is 13.1 Å². The Morgan fingerprint density at radius 3 is 2.26 bits per heavy atom. The summed E-state index contributed by atoms with van der Waals surface area (Å²) in [6.07, 6.45) is 0.267. The zero-order chi connectivity index (χ0) is 17.7. The first-order valence-corrected chi connectivity index (χ1v) is 7.61. The molecule has 1 saturated heterocycles. The van der Waals surface area contributed by atoms with Crippen molar-refractivity contribution in [2.24, 2.45) is 5.73 Å². The highest BCUT2D eigenvalue weighted by atomic mass is 19.3. The molecule has 134 valence electrons. The molecule has 3 amide bonds. The second-order valence-electron chi connectivity index (χ2n) is 6.69. The monoisotopic (exact) mass is 336 g/mol. The Morgan fingerprint density at radius 2 is 1.78 bits per heavy atom. The molecule has 23 heavy (non-hydrogen) atoms. The van der Waals surface area contributed by atoms with Crippen molar-refractivity contribution in [2.75, 3.05) is 26.2 Å². The van der Waals surface area contributed by atoms with Crippen LogP contribution in [0.4, 0.5) is 18.4 Å². The maximum atomic E-state index is 13.8. The normalized spacial score (nSPS) is 17.0. The predicted octanol–water partition coefficient (Wildman–Crippen LogP) is 1.28. The fourth-order valence-corrected chi connectivity index (χ4v) is 2.18. The van der Waals surface area contributed by atoms with Crippen LogP contribution in [-0.2, 0) is 4.74 Å². The van der Waals surface area contributed by atoms with Gasteiger partial charge >= 0.3 is 12.1 Å². The number of halogens is 2. The first kappa shape index (κ1) is 19.4. The summed E-state index contributed by atoms with van der Waals surface area (Å²) < 4.78 is 32.4. The number of urea groups is 1. The van der Waals surface area contributed by atoms with E-state index in [9.17, 15) is 18.4 Å². The number of ether oxygens (including phenoxy) is 1. The van der Waals surface area contributed by atoms with E-state index in [1.54, 1.807) is 20.8 Å². The van der Waals surface area contributed by atoms with Crippen molar-refractivity contribution in [2.45, 2.75) is 51.2 Å². The number of primary amides is 1. The highest BCUT2D eigenvalue weighted by Crippen LogP contribution is 2.15. The second-order valence-corrected chi connectivity index (χ2v) is 6.69. The largest absolute Gasteiger partial charge is 0.444 e. The molecule has 0 bridgehead atoms. The molecule has 7 nitrogen and oxygen atoms in total. The maximum absolute atomic E-state index is 13.8. The molecule has 0 aromatic carbocycles. The van der Waals surface area contributed by atoms with Crippen LogP contribution in [0.15, 0.2) is 0 Å². The number of carbonyl (C=O) groups excluding carboxylic acids is 2. The molecule has 0 aliphatic carbocycles. The van der Waals surface area contributed by atoms with E-state index in [1.807, 2.05) is 0 Å². The van der Waals surface area contributed by atoms with Crippen LogP contribution < -0.4 is 16.4 Å². The van der Waals surface area contributed by atoms with Gasteiger partial charge in [0.15, 0.2) is 0 Å². The van der Waals surface area contributed by atoms with E-state index in [1.165, 1.54) is 4.90 Å². The van der Waals surface area contributed by atoms with E-state index in [0.717, 1.165) is 0 Å². The number of amides is 3. The van der Waals surface area contributed by atoms with Gasteiger partial charge < -0.3 is 26.0 Å². The van der Waals surface area contributed by atoms with Gasteiger partial charge in [-0.3, -0.25) is 0 Å². The van der Waals surface area contributed by atoms with Gasteiger partial charge in [-0.25, -0.2) is 18.4 Å². The highest BCUT2D eigenvalue weighted by molar-refractivity contribution is 5.72. The molecule has 1 aliphatic heterocycles. The molecular weight excluding hydrogens is 310 g/mol. The summed E-state index contributed by atoms with van der Waals surface area (Å²) in [6.45, 7) is 4.53. The number of carbonyl (C=O) groups is 2. The summed E-state index contributed by atoms with van der Waals surface area (Å²) in [5.74, 6) is -3.09. The number of rotatable bonds is 5. The van der Waals surface area contributed by atoms with Gasteiger partial charge in [-0.15, -0.1) is 0 Å². The van der Waals surface area contributed by atoms with Gasteiger partial charge in [0, 0.05) is 19.1 Å². The smallest absolute Gasteiger partial charge is 0.407 e. The Morgan fingerprint density at radius 1 is 1.22 bits per heavy atom. The Hall–Kier alpha value is -1.64. The molecule has 0 radical (unpaired) electrons. The van der Waals surface area contributed by atoms with Gasteiger partial charge in [0.2, 0.25) is 0 Å². The molecule has 4 N–H and O–H groups in total. The lowest BCUT2D eigenvalue weighted by Crippen LogP contribution is -2.51. The van der Waals surface area contributed by atoms with Crippen LogP contribution >= 0.6 is 0 Å². The minimum Gasteiger partial charge on any atom is -0.444 e. The number of nitrogens with two attached hydrogens (primary N) is 1. The Bertz CT molecular complexity index is 419. The number of nitrogens with one attached hydrogen (secondary N) is 2. The molecular formula is C14H26F2N4O3. The number of hydrogen-bond donors (Lipinski definition) is 3. The van der Waals surface area contributed by atoms with Crippen molar-refractivity contribution in [3.8, 4) is 0 Å². The maximum Gasteiger partial charge on any atom is 0.407 e. The van der Waals surface area contributed by atoms with Gasteiger partial charge in [0.25, 0.3) is 5.92 Å². The summed E-state index contributed by atoms with van der Waals surface area (Å²) >= 11 is 0. The molecule has 0 aromatic heterocycles. The van der Waals surface area contributed by atoms with E-state index in [-0.39, 0.29) is 6.04 Å². The summed E-state index contributed by atoms with van der Waals surface area (Å²) in [4.78, 5) is 23.8. The van der Waals surface area contributed by atoms with Crippen molar-refractivity contribution in [3.05, 3.63) is 0 Å². The zero-order valence-corrected chi connectivity index (χ0v) is 13.8. The Labute approximate surface area is 134 Å². The van der Waals surface area contributed by atoms with Crippen LogP contribution in [-0.4, -0.2) is 60.8 Å². The first-order chi connectivity index (χ1) is 10.5. The second kappa shape index (κ2) is 7.76. The van der Waals surface area contributed by atoms with Crippen molar-refractivity contribution in [1.82, 2.24) is 15.5 Å². The third kappa shape index (κ3) is 7.96. The molecule has 0 aromatic rings. The molecule has 0 atom stereocenters. The predicted molar refractivity (Wildman–Crippen MR) is 81.4 cm³/mol. The van der Waals surface area contributed by atoms with Crippen LogP contribution in [0.2, 0.25) is 0 Å². The minimum absolute atomic E-state index is 0.0991. The lowest BCUT2D eigenvalue weighted by Gasteiger charge is -2.32. The van der Waals surface area contributed by atoms with E-state index >= 15 is 0 Å². The standard InChI is InChI=1S/C14H26F2N4O3/c1-13(2,3)23-12(22)19-9-14(15,16)8-18-10-4-6-20(7-5-10)11(17)21/h10,18H,4-9H2,1-3H3,(H2,17,21)(H,19,22). The summed E-state index contributed by atoms with van der Waals surface area (Å²) in [5.41, 5.74) is 4.43. The molecule has 1 fully saturated rings. The van der Waals surface area contributed by atoms with Crippen LogP contribution in [0.1, 0.15) is 33.6 Å². The van der Waals surface area contributed by atoms with E-state index in [0.29, 0.717) is 25.9 Å². The number of hydrogen-bond acceptors (Lipinski definition) is 4. The van der Waals surface area contributed by atoms with E-state index in [2.05, 4.69) is 10.6 Å². The van der Waals surface area contributed by atoms with Crippen LogP contribution in [0.25, 0.3) is 0 Å². The lowest BCUT2D eigenvalue weighted by atomic mass is 10.1. The SMILES string of the molecule is CC(C)(C)OC(=O)NCC(F)(F)CNC1CCN(C(N)=O)CC1. The molecule has 0 unspecified atom stereocenters. The number of alkyl halides is 2. The van der Waals surface area contributed by atoms with Crippen molar-refractivity contribution in [3.63, 3.8) is 0 Å². The summed E-state index contributed by atoms with van der Waals surface area (Å²) in [7, 11) is 0. The fourth-order valence-electron chi connectivity index (χ4n) is 2.18. The molecule has 0 spiro atoms. The van der Waals surface area contributed by atoms with Crippen LogP contribution in [0.5, 0.6) is 0 Å². The van der Waals surface area contributed by atoms with Crippen molar-refractivity contribution < 1.29 is 23.1 Å². The number of alkyl carbamates (subject to hydrolysis) is 1. The number of nitrogens with zero attached hydrogens (tertiary/aromatic N) is 1. The quantitative estimate of drug-likeness (QED) is 0.704. The topological polar surface area (TPSA) is 96.7 Å². The lowest BCUT2D eigenvalue weighted by molar-refractivity contribution is -0.00685. The van der Waals surface area contributed by atoms with Crippen LogP contribution in [0, 0.1) is 0 Å². The summed E-state index contributed by atoms with van der Waals surface area (Å²) in [6, 6.07) is -0.589. The summed E-state index contributed by atoms with van der Waals surface area (Å²) in [5, 5.41) is 4.84. The van der Waals surface area contributed by atoms with Crippen molar-refractivity contribution in [1.29, 1.82) is 0 Å². The third-order valence-electron chi connectivity index (χ3n) is 3.35. The van der Waals surface area contributed by atoms with Gasteiger partial charge in [0.1, 0.15) is 5.60 Å². The van der Waals surface area contributed by atoms with Gasteiger partial charge in [-0.2, -0.15) is 0 Å². The molecule has 1 aliphatic rings. The average Bonchev–Trinajstić information content (AvgIpc) is 2.42. The van der Waals surface area contributed by atoms with E-state index in [4.69, 9.17) is 10.5 Å². The Kier molecular flexibility index (Phi) is 6.55. The molecule has 0 saturated carbocycles. The number of piperidine rings is 1. The molecule has 1 rings (SSSR count). The minimum atomic E-state index is -3.09. The number of likely N-dealkylation sites (tertiary alicyclic amines) is 1. The third-order valence-corrected chi connectivity index (χ3v) is 3.35.